The van der Waals surface area contributed by atoms with Gasteiger partial charge in [-0.1, -0.05) is 30.3 Å². The maximum absolute atomic E-state index is 10.2. The molecule has 8 nitrogen and oxygen atoms in total. The van der Waals surface area contributed by atoms with Gasteiger partial charge in [-0.2, -0.15) is 0 Å². The first-order chi connectivity index (χ1) is 15.7. The average Bonchev–Trinajstić information content (AvgIpc) is 2.84. The first kappa shape index (κ1) is 20.0. The second-order valence-electron chi connectivity index (χ2n) is 7.77. The maximum atomic E-state index is 10.2. The number of nitrogens with zero attached hydrogens (tertiary/aromatic N) is 6. The number of hydrogen-bond acceptors (Lipinski definition) is 8. The number of phenols is 1. The van der Waals surface area contributed by atoms with Gasteiger partial charge in [-0.25, -0.2) is 19.9 Å². The summed E-state index contributed by atoms with van der Waals surface area (Å²) >= 11 is 0. The van der Waals surface area contributed by atoms with Crippen LogP contribution in [-0.4, -0.2) is 58.3 Å². The molecule has 162 valence electrons. The summed E-state index contributed by atoms with van der Waals surface area (Å²) in [5.74, 6) is 2.04. The van der Waals surface area contributed by atoms with E-state index in [9.17, 15) is 5.11 Å². The van der Waals surface area contributed by atoms with Crippen molar-refractivity contribution in [2.45, 2.75) is 6.42 Å². The lowest BCUT2D eigenvalue weighted by Gasteiger charge is -2.35. The van der Waals surface area contributed by atoms with Crippen molar-refractivity contribution in [3.8, 4) is 11.5 Å². The fourth-order valence-corrected chi connectivity index (χ4v) is 4.03. The Morgan fingerprint density at radius 1 is 0.875 bits per heavy atom. The molecular formula is C24H24N6O2. The number of piperazine rings is 1. The molecule has 0 bridgehead atoms. The summed E-state index contributed by atoms with van der Waals surface area (Å²) in [4.78, 5) is 22.4. The van der Waals surface area contributed by atoms with E-state index in [-0.39, 0.29) is 5.75 Å². The van der Waals surface area contributed by atoms with Crippen LogP contribution in [0.25, 0.3) is 10.9 Å². The minimum absolute atomic E-state index is 0.0821. The Kier molecular flexibility index (Phi) is 5.41. The molecule has 5 rings (SSSR count). The number of anilines is 2. The number of aromatic nitrogens is 4. The van der Waals surface area contributed by atoms with E-state index >= 15 is 0 Å². The quantitative estimate of drug-likeness (QED) is 0.519. The molecule has 32 heavy (non-hydrogen) atoms. The van der Waals surface area contributed by atoms with Crippen LogP contribution in [0.15, 0.2) is 61.2 Å². The standard InChI is InChI=1S/C24H24N6O2/c1-32-22-13-20-19(12-21(22)31)23(28-16-27-20)29-7-9-30(10-8-29)24-25-14-18(15-26-24)11-17-5-3-2-4-6-17/h2-6,12-16,31H,7-11H2,1H3. The second-order valence-corrected chi connectivity index (χ2v) is 7.77. The minimum Gasteiger partial charge on any atom is -0.504 e. The van der Waals surface area contributed by atoms with Crippen LogP contribution < -0.4 is 14.5 Å². The first-order valence-electron chi connectivity index (χ1n) is 10.6. The molecule has 0 unspecified atom stereocenters. The van der Waals surface area contributed by atoms with Gasteiger partial charge in [-0.3, -0.25) is 0 Å². The van der Waals surface area contributed by atoms with E-state index in [1.54, 1.807) is 18.5 Å². The van der Waals surface area contributed by atoms with Crippen molar-refractivity contribution in [2.75, 3.05) is 43.1 Å². The van der Waals surface area contributed by atoms with Crippen molar-refractivity contribution in [1.82, 2.24) is 19.9 Å². The number of rotatable bonds is 5. The molecule has 8 heteroatoms. The zero-order valence-corrected chi connectivity index (χ0v) is 17.8. The van der Waals surface area contributed by atoms with Gasteiger partial charge in [0.1, 0.15) is 12.1 Å². The van der Waals surface area contributed by atoms with Gasteiger partial charge in [0.05, 0.1) is 12.6 Å². The number of ether oxygens (including phenoxy) is 1. The fourth-order valence-electron chi connectivity index (χ4n) is 4.03. The highest BCUT2D eigenvalue weighted by atomic mass is 16.5. The molecule has 0 spiro atoms. The number of hydrogen-bond donors (Lipinski definition) is 1. The molecular weight excluding hydrogens is 404 g/mol. The Balaban J connectivity index is 1.28. The SMILES string of the molecule is COc1cc2ncnc(N3CCN(c4ncc(Cc5ccccc5)cn4)CC3)c2cc1O. The summed E-state index contributed by atoms with van der Waals surface area (Å²) < 4.78 is 5.20. The Labute approximate surface area is 186 Å². The minimum atomic E-state index is 0.0821. The molecule has 1 N–H and O–H groups in total. The molecule has 0 radical (unpaired) electrons. The van der Waals surface area contributed by atoms with Gasteiger partial charge in [-0.15, -0.1) is 0 Å². The average molecular weight is 428 g/mol. The smallest absolute Gasteiger partial charge is 0.225 e. The molecule has 3 heterocycles. The van der Waals surface area contributed by atoms with Crippen LogP contribution in [0.2, 0.25) is 0 Å². The molecule has 1 aliphatic heterocycles. The monoisotopic (exact) mass is 428 g/mol. The lowest BCUT2D eigenvalue weighted by Crippen LogP contribution is -2.47. The zero-order chi connectivity index (χ0) is 21.9. The summed E-state index contributed by atoms with van der Waals surface area (Å²) in [7, 11) is 1.53. The highest BCUT2D eigenvalue weighted by Crippen LogP contribution is 2.34. The third-order valence-corrected chi connectivity index (χ3v) is 5.72. The number of benzene rings is 2. The van der Waals surface area contributed by atoms with Gasteiger partial charge < -0.3 is 19.6 Å². The van der Waals surface area contributed by atoms with Crippen LogP contribution in [0.1, 0.15) is 11.1 Å². The van der Waals surface area contributed by atoms with E-state index in [0.717, 1.165) is 60.8 Å². The summed E-state index contributed by atoms with van der Waals surface area (Å²) in [5, 5.41) is 11.0. The molecule has 0 aliphatic carbocycles. The van der Waals surface area contributed by atoms with E-state index < -0.39 is 0 Å². The molecule has 0 atom stereocenters. The van der Waals surface area contributed by atoms with Gasteiger partial charge in [0.15, 0.2) is 11.5 Å². The van der Waals surface area contributed by atoms with Crippen LogP contribution in [-0.2, 0) is 6.42 Å². The Morgan fingerprint density at radius 3 is 2.31 bits per heavy atom. The Hall–Kier alpha value is -3.94. The third-order valence-electron chi connectivity index (χ3n) is 5.72. The van der Waals surface area contributed by atoms with Crippen molar-refractivity contribution in [2.24, 2.45) is 0 Å². The molecule has 4 aromatic rings. The van der Waals surface area contributed by atoms with Crippen LogP contribution in [0.4, 0.5) is 11.8 Å². The predicted molar refractivity (Wildman–Crippen MR) is 123 cm³/mol. The zero-order valence-electron chi connectivity index (χ0n) is 17.8. The van der Waals surface area contributed by atoms with Gasteiger partial charge >= 0.3 is 0 Å². The number of phenolic OH excluding ortho intramolecular Hbond substituents is 1. The summed E-state index contributed by atoms with van der Waals surface area (Å²) in [5.41, 5.74) is 3.09. The highest BCUT2D eigenvalue weighted by molar-refractivity contribution is 5.92. The molecule has 2 aromatic heterocycles. The third kappa shape index (κ3) is 3.99. The van der Waals surface area contributed by atoms with Gasteiger partial charge in [0.2, 0.25) is 5.95 Å². The van der Waals surface area contributed by atoms with Crippen LogP contribution in [0.3, 0.4) is 0 Å². The number of methoxy groups -OCH3 is 1. The van der Waals surface area contributed by atoms with Gasteiger partial charge in [-0.05, 0) is 17.2 Å². The summed E-state index contributed by atoms with van der Waals surface area (Å²) in [6.07, 6.45) is 6.20. The largest absolute Gasteiger partial charge is 0.504 e. The van der Waals surface area contributed by atoms with Crippen LogP contribution in [0.5, 0.6) is 11.5 Å². The van der Waals surface area contributed by atoms with Crippen molar-refractivity contribution in [1.29, 1.82) is 0 Å². The summed E-state index contributed by atoms with van der Waals surface area (Å²) in [6.45, 7) is 3.11. The number of fused-ring (bicyclic) bond motifs is 1. The van der Waals surface area contributed by atoms with E-state index in [4.69, 9.17) is 4.74 Å². The van der Waals surface area contributed by atoms with Crippen molar-refractivity contribution in [3.05, 3.63) is 72.3 Å². The Morgan fingerprint density at radius 2 is 1.59 bits per heavy atom. The first-order valence-corrected chi connectivity index (χ1v) is 10.6. The second kappa shape index (κ2) is 8.66. The maximum Gasteiger partial charge on any atom is 0.225 e. The molecule has 1 aliphatic rings. The topological polar surface area (TPSA) is 87.5 Å². The summed E-state index contributed by atoms with van der Waals surface area (Å²) in [6, 6.07) is 13.7. The predicted octanol–water partition coefficient (Wildman–Crippen LogP) is 3.05. The number of aromatic hydroxyl groups is 1. The lowest BCUT2D eigenvalue weighted by molar-refractivity contribution is 0.374. The van der Waals surface area contributed by atoms with Crippen molar-refractivity contribution < 1.29 is 9.84 Å². The van der Waals surface area contributed by atoms with Gasteiger partial charge in [0, 0.05) is 56.4 Å². The fraction of sp³-hybridized carbons (Fsp3) is 0.250. The van der Waals surface area contributed by atoms with E-state index in [2.05, 4.69) is 41.9 Å². The Bertz CT molecular complexity index is 1210. The van der Waals surface area contributed by atoms with E-state index in [1.807, 2.05) is 30.6 Å². The van der Waals surface area contributed by atoms with Crippen molar-refractivity contribution >= 4 is 22.7 Å². The van der Waals surface area contributed by atoms with Crippen LogP contribution >= 0.6 is 0 Å². The molecule has 0 saturated carbocycles. The van der Waals surface area contributed by atoms with E-state index in [1.165, 1.54) is 12.7 Å². The van der Waals surface area contributed by atoms with E-state index in [0.29, 0.717) is 5.75 Å². The highest BCUT2D eigenvalue weighted by Gasteiger charge is 2.22. The molecule has 2 aromatic carbocycles. The van der Waals surface area contributed by atoms with Crippen molar-refractivity contribution in [3.63, 3.8) is 0 Å². The molecule has 1 saturated heterocycles. The van der Waals surface area contributed by atoms with Gasteiger partial charge in [0.25, 0.3) is 0 Å². The normalized spacial score (nSPS) is 14.0. The van der Waals surface area contributed by atoms with Crippen LogP contribution in [0, 0.1) is 0 Å². The molecule has 1 fully saturated rings. The lowest BCUT2D eigenvalue weighted by atomic mass is 10.1. The molecule has 0 amide bonds.